The van der Waals surface area contributed by atoms with Crippen LogP contribution < -0.4 is 10.8 Å². The smallest absolute Gasteiger partial charge is 0.229 e. The summed E-state index contributed by atoms with van der Waals surface area (Å²) in [5, 5.41) is 2.95. The predicted octanol–water partition coefficient (Wildman–Crippen LogP) is 1.35. The van der Waals surface area contributed by atoms with Crippen LogP contribution in [0.4, 0.5) is 0 Å². The van der Waals surface area contributed by atoms with Gasteiger partial charge in [-0.3, -0.25) is 10.1 Å². The van der Waals surface area contributed by atoms with E-state index >= 15 is 0 Å². The van der Waals surface area contributed by atoms with Gasteiger partial charge in [0.2, 0.25) is 11.8 Å². The van der Waals surface area contributed by atoms with Crippen molar-refractivity contribution in [2.24, 2.45) is 5.92 Å². The Kier molecular flexibility index (Phi) is 4.22. The largest absolute Gasteiger partial charge is 0.390 e. The Hall–Kier alpha value is -1.85. The van der Waals surface area contributed by atoms with Crippen molar-refractivity contribution in [1.29, 1.82) is 0 Å². The number of hydrogen-bond acceptors (Lipinski definition) is 4. The predicted molar refractivity (Wildman–Crippen MR) is 80.8 cm³/mol. The molecule has 0 unspecified atom stereocenters. The fraction of sp³-hybridized carbons (Fsp3) is 0.438. The van der Waals surface area contributed by atoms with Gasteiger partial charge in [0.15, 0.2) is 0 Å². The number of carbonyl (C=O) groups excluding carboxylic acids is 1. The molecule has 0 aromatic heterocycles. The van der Waals surface area contributed by atoms with Gasteiger partial charge in [-0.1, -0.05) is 30.3 Å². The first-order chi connectivity index (χ1) is 10.2. The number of nitrogens with zero attached hydrogens (tertiary/aromatic N) is 1. The van der Waals surface area contributed by atoms with Crippen LogP contribution in [0.5, 0.6) is 0 Å². The average molecular weight is 287 g/mol. The summed E-state index contributed by atoms with van der Waals surface area (Å²) < 4.78 is 0. The van der Waals surface area contributed by atoms with E-state index in [9.17, 15) is 4.79 Å². The highest BCUT2D eigenvalue weighted by molar-refractivity contribution is 5.83. The van der Waals surface area contributed by atoms with Gasteiger partial charge < -0.3 is 9.74 Å². The van der Waals surface area contributed by atoms with Crippen LogP contribution in [0.3, 0.4) is 0 Å². The Morgan fingerprint density at radius 2 is 2.00 bits per heavy atom. The summed E-state index contributed by atoms with van der Waals surface area (Å²) in [5.41, 5.74) is 4.91. The summed E-state index contributed by atoms with van der Waals surface area (Å²) in [6.07, 6.45) is 1.81. The van der Waals surface area contributed by atoms with Gasteiger partial charge in [-0.05, 0) is 38.5 Å². The minimum absolute atomic E-state index is 0.0650. The number of amides is 1. The van der Waals surface area contributed by atoms with E-state index in [1.54, 1.807) is 0 Å². The molecule has 0 bridgehead atoms. The number of hydroxylamine groups is 1. The van der Waals surface area contributed by atoms with E-state index in [1.165, 1.54) is 0 Å². The molecule has 2 heterocycles. The Bertz CT molecular complexity index is 534. The molecule has 1 fully saturated rings. The van der Waals surface area contributed by atoms with E-state index in [4.69, 9.17) is 4.84 Å². The van der Waals surface area contributed by atoms with Crippen LogP contribution in [0.25, 0.3) is 5.57 Å². The van der Waals surface area contributed by atoms with E-state index in [-0.39, 0.29) is 11.8 Å². The lowest BCUT2D eigenvalue weighted by Gasteiger charge is -2.28. The molecule has 1 saturated heterocycles. The fourth-order valence-electron chi connectivity index (χ4n) is 2.78. The van der Waals surface area contributed by atoms with Crippen LogP contribution in [0, 0.1) is 5.92 Å². The quantitative estimate of drug-likeness (QED) is 0.881. The van der Waals surface area contributed by atoms with E-state index < -0.39 is 0 Å². The molecule has 0 saturated carbocycles. The maximum Gasteiger partial charge on any atom is 0.229 e. The molecular weight excluding hydrogens is 266 g/mol. The average Bonchev–Trinajstić information content (AvgIpc) is 2.97. The Labute approximate surface area is 124 Å². The molecule has 3 rings (SSSR count). The van der Waals surface area contributed by atoms with E-state index in [0.717, 1.165) is 37.1 Å². The Morgan fingerprint density at radius 3 is 2.71 bits per heavy atom. The van der Waals surface area contributed by atoms with Crippen LogP contribution >= 0.6 is 0 Å². The van der Waals surface area contributed by atoms with Gasteiger partial charge in [-0.2, -0.15) is 5.48 Å². The molecular formula is C16H21N3O2. The summed E-state index contributed by atoms with van der Waals surface area (Å²) in [7, 11) is 2.09. The molecule has 0 radical (unpaired) electrons. The third-order valence-electron chi connectivity index (χ3n) is 4.15. The highest BCUT2D eigenvalue weighted by atomic mass is 16.7. The second-order valence-electron chi connectivity index (χ2n) is 5.66. The summed E-state index contributed by atoms with van der Waals surface area (Å²) >= 11 is 0. The van der Waals surface area contributed by atoms with Gasteiger partial charge in [0, 0.05) is 11.5 Å². The van der Waals surface area contributed by atoms with Crippen LogP contribution in [-0.4, -0.2) is 37.5 Å². The number of piperidine rings is 1. The van der Waals surface area contributed by atoms with Crippen molar-refractivity contribution in [1.82, 2.24) is 15.7 Å². The van der Waals surface area contributed by atoms with Crippen molar-refractivity contribution in [2.75, 3.05) is 26.7 Å². The van der Waals surface area contributed by atoms with Crippen LogP contribution in [0.1, 0.15) is 18.4 Å². The van der Waals surface area contributed by atoms with Crippen LogP contribution in [0.2, 0.25) is 0 Å². The lowest BCUT2D eigenvalue weighted by Crippen LogP contribution is -2.39. The summed E-state index contributed by atoms with van der Waals surface area (Å²) in [6, 6.07) is 9.99. The van der Waals surface area contributed by atoms with Crippen LogP contribution in [-0.2, 0) is 9.63 Å². The standard InChI is InChI=1S/C16H21N3O2/c1-19-9-7-13(8-10-19)15(20)18-16-14(11-17-21-16)12-5-3-2-4-6-12/h2-6,13,17H,7-11H2,1H3,(H,18,20). The zero-order chi connectivity index (χ0) is 14.7. The van der Waals surface area contributed by atoms with Gasteiger partial charge in [-0.25, -0.2) is 0 Å². The van der Waals surface area contributed by atoms with Crippen molar-refractivity contribution >= 4 is 11.5 Å². The van der Waals surface area contributed by atoms with E-state index in [2.05, 4.69) is 22.7 Å². The third-order valence-corrected chi connectivity index (χ3v) is 4.15. The lowest BCUT2D eigenvalue weighted by molar-refractivity contribution is -0.126. The number of rotatable bonds is 3. The summed E-state index contributed by atoms with van der Waals surface area (Å²) in [4.78, 5) is 20.0. The molecule has 0 atom stereocenters. The molecule has 5 nitrogen and oxygen atoms in total. The van der Waals surface area contributed by atoms with Crippen LogP contribution in [0.15, 0.2) is 36.2 Å². The molecule has 0 spiro atoms. The number of benzene rings is 1. The molecule has 1 aromatic carbocycles. The fourth-order valence-corrected chi connectivity index (χ4v) is 2.78. The zero-order valence-corrected chi connectivity index (χ0v) is 12.3. The molecule has 2 N–H and O–H groups in total. The summed E-state index contributed by atoms with van der Waals surface area (Å²) in [5.74, 6) is 0.690. The van der Waals surface area contributed by atoms with Gasteiger partial charge in [0.25, 0.3) is 0 Å². The lowest BCUT2D eigenvalue weighted by atomic mass is 9.96. The first kappa shape index (κ1) is 14.1. The first-order valence-corrected chi connectivity index (χ1v) is 7.42. The topological polar surface area (TPSA) is 53.6 Å². The first-order valence-electron chi connectivity index (χ1n) is 7.42. The second-order valence-corrected chi connectivity index (χ2v) is 5.66. The summed E-state index contributed by atoms with van der Waals surface area (Å²) in [6.45, 7) is 2.55. The molecule has 1 aromatic rings. The van der Waals surface area contributed by atoms with Gasteiger partial charge in [-0.15, -0.1) is 0 Å². The highest BCUT2D eigenvalue weighted by Crippen LogP contribution is 2.22. The maximum atomic E-state index is 12.4. The zero-order valence-electron chi connectivity index (χ0n) is 12.3. The SMILES string of the molecule is CN1CCC(C(=O)NC2=C(c3ccccc3)CNO2)CC1. The van der Waals surface area contributed by atoms with Crippen molar-refractivity contribution < 1.29 is 9.63 Å². The maximum absolute atomic E-state index is 12.4. The monoisotopic (exact) mass is 287 g/mol. The second kappa shape index (κ2) is 6.28. The van der Waals surface area contributed by atoms with E-state index in [1.807, 2.05) is 30.3 Å². The molecule has 5 heteroatoms. The van der Waals surface area contributed by atoms with Crippen molar-refractivity contribution in [3.63, 3.8) is 0 Å². The molecule has 112 valence electrons. The van der Waals surface area contributed by atoms with Gasteiger partial charge in [0.1, 0.15) is 0 Å². The van der Waals surface area contributed by atoms with Crippen molar-refractivity contribution in [3.8, 4) is 0 Å². The molecule has 21 heavy (non-hydrogen) atoms. The molecule has 2 aliphatic heterocycles. The van der Waals surface area contributed by atoms with Crippen molar-refractivity contribution in [3.05, 3.63) is 41.8 Å². The highest BCUT2D eigenvalue weighted by Gasteiger charge is 2.26. The van der Waals surface area contributed by atoms with E-state index in [0.29, 0.717) is 12.4 Å². The Morgan fingerprint density at radius 1 is 1.29 bits per heavy atom. The molecule has 2 aliphatic rings. The number of hydrogen-bond donors (Lipinski definition) is 2. The number of likely N-dealkylation sites (tertiary alicyclic amines) is 1. The molecule has 0 aliphatic carbocycles. The Balaban J connectivity index is 1.69. The minimum Gasteiger partial charge on any atom is -0.390 e. The van der Waals surface area contributed by atoms with Crippen molar-refractivity contribution in [2.45, 2.75) is 12.8 Å². The molecule has 1 amide bonds. The minimum atomic E-state index is 0.0650. The van der Waals surface area contributed by atoms with Gasteiger partial charge in [0.05, 0.1) is 6.54 Å². The third kappa shape index (κ3) is 3.25. The number of carbonyl (C=O) groups is 1. The number of nitrogens with one attached hydrogen (secondary N) is 2. The normalized spacial score (nSPS) is 20.4. The van der Waals surface area contributed by atoms with Gasteiger partial charge >= 0.3 is 0 Å².